The Balaban J connectivity index is 2.07. The molecule has 0 saturated carbocycles. The summed E-state index contributed by atoms with van der Waals surface area (Å²) in [7, 11) is -4.23. The normalized spacial score (nSPS) is 11.9. The van der Waals surface area contributed by atoms with Gasteiger partial charge in [-0.05, 0) is 42.8 Å². The van der Waals surface area contributed by atoms with Crippen LogP contribution < -0.4 is 4.74 Å². The average molecular weight is 439 g/mol. The lowest BCUT2D eigenvalue weighted by Gasteiger charge is -2.12. The van der Waals surface area contributed by atoms with E-state index in [9.17, 15) is 26.4 Å². The van der Waals surface area contributed by atoms with Gasteiger partial charge in [-0.25, -0.2) is 17.2 Å². The molecule has 3 aromatic rings. The van der Waals surface area contributed by atoms with E-state index in [1.165, 1.54) is 6.07 Å². The molecule has 0 atom stereocenters. The lowest BCUT2D eigenvalue weighted by molar-refractivity contribution is -0.274. The van der Waals surface area contributed by atoms with Crippen molar-refractivity contribution in [2.24, 2.45) is 0 Å². The van der Waals surface area contributed by atoms with Crippen LogP contribution in [-0.2, 0) is 14.8 Å². The SMILES string of the molecule is CCOC(=O)c1cc(-c2ccccc2)n(S(=O)(=O)c2ccc(OC(F)(F)F)cc2)c1. The zero-order valence-corrected chi connectivity index (χ0v) is 16.4. The Labute approximate surface area is 170 Å². The van der Waals surface area contributed by atoms with Crippen LogP contribution in [0.4, 0.5) is 13.2 Å². The Hall–Kier alpha value is -3.27. The lowest BCUT2D eigenvalue weighted by atomic mass is 10.1. The summed E-state index contributed by atoms with van der Waals surface area (Å²) >= 11 is 0. The van der Waals surface area contributed by atoms with Crippen molar-refractivity contribution in [2.45, 2.75) is 18.2 Å². The van der Waals surface area contributed by atoms with E-state index in [0.29, 0.717) is 5.56 Å². The molecule has 0 aliphatic rings. The maximum Gasteiger partial charge on any atom is 0.573 e. The van der Waals surface area contributed by atoms with Gasteiger partial charge in [0, 0.05) is 6.20 Å². The molecule has 0 unspecified atom stereocenters. The van der Waals surface area contributed by atoms with Crippen LogP contribution in [0.15, 0.2) is 71.8 Å². The van der Waals surface area contributed by atoms with E-state index < -0.39 is 28.1 Å². The van der Waals surface area contributed by atoms with Gasteiger partial charge >= 0.3 is 12.3 Å². The third-order valence-electron chi connectivity index (χ3n) is 3.98. The fourth-order valence-electron chi connectivity index (χ4n) is 2.72. The van der Waals surface area contributed by atoms with Crippen LogP contribution in [-0.4, -0.2) is 31.3 Å². The highest BCUT2D eigenvalue weighted by molar-refractivity contribution is 7.90. The summed E-state index contributed by atoms with van der Waals surface area (Å²) in [6.07, 6.45) is -3.77. The summed E-state index contributed by atoms with van der Waals surface area (Å²) in [5.74, 6) is -1.25. The average Bonchev–Trinajstić information content (AvgIpc) is 3.15. The minimum atomic E-state index is -4.89. The number of halogens is 3. The number of ether oxygens (including phenoxy) is 2. The van der Waals surface area contributed by atoms with Crippen molar-refractivity contribution >= 4 is 16.0 Å². The molecule has 0 spiro atoms. The van der Waals surface area contributed by atoms with Crippen LogP contribution in [0.2, 0.25) is 0 Å². The van der Waals surface area contributed by atoms with Gasteiger partial charge in [0.2, 0.25) is 0 Å². The molecule has 0 aliphatic carbocycles. The Kier molecular flexibility index (Phi) is 5.88. The molecule has 1 heterocycles. The van der Waals surface area contributed by atoms with Crippen LogP contribution >= 0.6 is 0 Å². The summed E-state index contributed by atoms with van der Waals surface area (Å²) in [5, 5.41) is 0. The molecule has 1 aromatic heterocycles. The highest BCUT2D eigenvalue weighted by atomic mass is 32.2. The summed E-state index contributed by atoms with van der Waals surface area (Å²) in [5.41, 5.74) is 0.749. The van der Waals surface area contributed by atoms with Crippen LogP contribution in [0, 0.1) is 0 Å². The predicted molar refractivity (Wildman–Crippen MR) is 102 cm³/mol. The Morgan fingerprint density at radius 3 is 2.23 bits per heavy atom. The van der Waals surface area contributed by atoms with Gasteiger partial charge in [0.1, 0.15) is 5.75 Å². The third kappa shape index (κ3) is 4.65. The number of alkyl halides is 3. The monoisotopic (exact) mass is 439 g/mol. The molecular weight excluding hydrogens is 423 g/mol. The highest BCUT2D eigenvalue weighted by Crippen LogP contribution is 2.29. The molecule has 30 heavy (non-hydrogen) atoms. The number of nitrogens with zero attached hydrogens (tertiary/aromatic N) is 1. The number of benzene rings is 2. The fraction of sp³-hybridized carbons (Fsp3) is 0.150. The maximum absolute atomic E-state index is 13.2. The first-order valence-electron chi connectivity index (χ1n) is 8.68. The number of hydrogen-bond donors (Lipinski definition) is 0. The van der Waals surface area contributed by atoms with Gasteiger partial charge in [0.25, 0.3) is 10.0 Å². The fourth-order valence-corrected chi connectivity index (χ4v) is 4.09. The Morgan fingerprint density at radius 2 is 1.67 bits per heavy atom. The van der Waals surface area contributed by atoms with E-state index in [1.807, 2.05) is 0 Å². The van der Waals surface area contributed by atoms with Gasteiger partial charge in [-0.2, -0.15) is 0 Å². The molecule has 0 saturated heterocycles. The number of aromatic nitrogens is 1. The predicted octanol–water partition coefficient (Wildman–Crippen LogP) is 4.47. The molecule has 0 fully saturated rings. The first-order valence-corrected chi connectivity index (χ1v) is 10.1. The highest BCUT2D eigenvalue weighted by Gasteiger charge is 2.31. The molecule has 0 amide bonds. The van der Waals surface area contributed by atoms with Crippen LogP contribution in [0.25, 0.3) is 11.3 Å². The molecule has 6 nitrogen and oxygen atoms in total. The minimum absolute atomic E-state index is 0.0244. The van der Waals surface area contributed by atoms with Crippen LogP contribution in [0.3, 0.4) is 0 Å². The molecule has 0 radical (unpaired) electrons. The number of hydrogen-bond acceptors (Lipinski definition) is 5. The summed E-state index contributed by atoms with van der Waals surface area (Å²) < 4.78 is 72.9. The van der Waals surface area contributed by atoms with E-state index in [4.69, 9.17) is 4.74 Å². The lowest BCUT2D eigenvalue weighted by Crippen LogP contribution is -2.17. The maximum atomic E-state index is 13.2. The summed E-state index contributed by atoms with van der Waals surface area (Å²) in [4.78, 5) is 11.9. The van der Waals surface area contributed by atoms with Crippen LogP contribution in [0.5, 0.6) is 5.75 Å². The minimum Gasteiger partial charge on any atom is -0.462 e. The molecule has 158 valence electrons. The zero-order chi connectivity index (χ0) is 21.9. The van der Waals surface area contributed by atoms with Crippen molar-refractivity contribution in [1.29, 1.82) is 0 Å². The van der Waals surface area contributed by atoms with Gasteiger partial charge in [0.15, 0.2) is 0 Å². The standard InChI is InChI=1S/C20H16F3NO5S/c1-2-28-19(25)15-12-18(14-6-4-3-5-7-14)24(13-15)30(26,27)17-10-8-16(9-11-17)29-20(21,22)23/h3-13H,2H2,1H3. The van der Waals surface area contributed by atoms with Gasteiger partial charge in [-0.3, -0.25) is 0 Å². The quantitative estimate of drug-likeness (QED) is 0.530. The number of esters is 1. The summed E-state index contributed by atoms with van der Waals surface area (Å²) in [6, 6.07) is 13.6. The largest absolute Gasteiger partial charge is 0.573 e. The molecule has 2 aromatic carbocycles. The van der Waals surface area contributed by atoms with Crippen molar-refractivity contribution in [2.75, 3.05) is 6.61 Å². The molecule has 0 aliphatic heterocycles. The van der Waals surface area contributed by atoms with Crippen LogP contribution in [0.1, 0.15) is 17.3 Å². The zero-order valence-electron chi connectivity index (χ0n) is 15.6. The van der Waals surface area contributed by atoms with Crippen molar-refractivity contribution in [1.82, 2.24) is 3.97 Å². The van der Waals surface area contributed by atoms with E-state index in [2.05, 4.69) is 4.74 Å². The van der Waals surface area contributed by atoms with Crippen molar-refractivity contribution in [3.8, 4) is 17.0 Å². The Bertz CT molecular complexity index is 1140. The van der Waals surface area contributed by atoms with Crippen molar-refractivity contribution < 1.29 is 35.9 Å². The summed E-state index contributed by atoms with van der Waals surface area (Å²) in [6.45, 7) is 1.73. The molecule has 0 N–H and O–H groups in total. The van der Waals surface area contributed by atoms with Gasteiger partial charge < -0.3 is 9.47 Å². The second-order valence-corrected chi connectivity index (χ2v) is 7.84. The topological polar surface area (TPSA) is 74.6 Å². The molecular formula is C20H16F3NO5S. The molecule has 0 bridgehead atoms. The second kappa shape index (κ2) is 8.23. The smallest absolute Gasteiger partial charge is 0.462 e. The Morgan fingerprint density at radius 1 is 1.03 bits per heavy atom. The number of carbonyl (C=O) groups is 1. The van der Waals surface area contributed by atoms with E-state index in [-0.39, 0.29) is 22.8 Å². The van der Waals surface area contributed by atoms with Gasteiger partial charge in [-0.1, -0.05) is 30.3 Å². The number of rotatable bonds is 6. The number of carbonyl (C=O) groups excluding carboxylic acids is 1. The van der Waals surface area contributed by atoms with Gasteiger partial charge in [0.05, 0.1) is 22.8 Å². The van der Waals surface area contributed by atoms with Crippen molar-refractivity contribution in [3.05, 3.63) is 72.4 Å². The van der Waals surface area contributed by atoms with Gasteiger partial charge in [-0.15, -0.1) is 13.2 Å². The first kappa shape index (κ1) is 21.4. The van der Waals surface area contributed by atoms with E-state index in [0.717, 1.165) is 34.4 Å². The molecule has 10 heteroatoms. The second-order valence-electron chi connectivity index (χ2n) is 6.02. The molecule has 3 rings (SSSR count). The first-order chi connectivity index (χ1) is 14.1. The van der Waals surface area contributed by atoms with Crippen molar-refractivity contribution in [3.63, 3.8) is 0 Å². The van der Waals surface area contributed by atoms with E-state index >= 15 is 0 Å². The third-order valence-corrected chi connectivity index (χ3v) is 5.67. The van der Waals surface area contributed by atoms with E-state index in [1.54, 1.807) is 37.3 Å².